The number of aliphatic hydroxyl groups is 1. The molecule has 0 saturated carbocycles. The van der Waals surface area contributed by atoms with Gasteiger partial charge in [0.15, 0.2) is 0 Å². The van der Waals surface area contributed by atoms with Crippen LogP contribution in [0, 0.1) is 11.8 Å². The average Bonchev–Trinajstić information content (AvgIpc) is 2.39. The van der Waals surface area contributed by atoms with Gasteiger partial charge in [0.05, 0.1) is 14.2 Å². The summed E-state index contributed by atoms with van der Waals surface area (Å²) in [5.41, 5.74) is 0.382. The van der Waals surface area contributed by atoms with Crippen molar-refractivity contribution in [3.8, 4) is 0 Å². The third kappa shape index (κ3) is 3.58. The Balaban J connectivity index is 3.05. The zero-order valence-corrected chi connectivity index (χ0v) is 13.9. The third-order valence-electron chi connectivity index (χ3n) is 4.39. The van der Waals surface area contributed by atoms with Crippen molar-refractivity contribution in [3.63, 3.8) is 0 Å². The van der Waals surface area contributed by atoms with E-state index in [-0.39, 0.29) is 17.9 Å². The summed E-state index contributed by atoms with van der Waals surface area (Å²) in [7, 11) is -1.66. The molecule has 0 bridgehead atoms. The fraction of sp³-hybridized carbons (Fsp3) is 0.529. The minimum atomic E-state index is -1.66. The fourth-order valence-electron chi connectivity index (χ4n) is 3.05. The predicted molar refractivity (Wildman–Crippen MR) is 87.5 cm³/mol. The summed E-state index contributed by atoms with van der Waals surface area (Å²) in [6.07, 6.45) is 1.80. The minimum absolute atomic E-state index is 0.249. The number of aliphatic hydroxyl groups excluding tert-OH is 1. The second-order valence-electron chi connectivity index (χ2n) is 6.44. The molecule has 0 radical (unpaired) electrons. The summed E-state index contributed by atoms with van der Waals surface area (Å²) in [6.45, 7) is 15.1. The van der Waals surface area contributed by atoms with Gasteiger partial charge in [-0.25, -0.2) is 0 Å². The van der Waals surface area contributed by atoms with E-state index >= 15 is 0 Å². The maximum atomic E-state index is 10.4. The zero-order chi connectivity index (χ0) is 14.6. The summed E-state index contributed by atoms with van der Waals surface area (Å²) < 4.78 is 0. The van der Waals surface area contributed by atoms with Gasteiger partial charge in [-0.2, -0.15) is 0 Å². The topological polar surface area (TPSA) is 20.2 Å². The highest BCUT2D eigenvalue weighted by molar-refractivity contribution is 6.91. The molecule has 0 spiro atoms. The first kappa shape index (κ1) is 16.2. The molecule has 0 aliphatic heterocycles. The van der Waals surface area contributed by atoms with Crippen molar-refractivity contribution in [2.24, 2.45) is 11.8 Å². The molecule has 1 aromatic rings. The quantitative estimate of drug-likeness (QED) is 0.619. The lowest BCUT2D eigenvalue weighted by Crippen LogP contribution is -2.49. The molecule has 106 valence electrons. The summed E-state index contributed by atoms with van der Waals surface area (Å²) in [5, 5.41) is 11.8. The molecule has 0 fully saturated rings. The SMILES string of the molecule is C=CC(C(C)C(O)C(C)C)[Si](C)(C)c1ccccc1. The van der Waals surface area contributed by atoms with E-state index in [9.17, 15) is 5.11 Å². The van der Waals surface area contributed by atoms with Crippen LogP contribution < -0.4 is 5.19 Å². The van der Waals surface area contributed by atoms with Crippen molar-refractivity contribution in [1.29, 1.82) is 0 Å². The number of benzene rings is 1. The van der Waals surface area contributed by atoms with Gasteiger partial charge in [0, 0.05) is 0 Å². The van der Waals surface area contributed by atoms with Gasteiger partial charge in [-0.05, 0) is 17.4 Å². The predicted octanol–water partition coefficient (Wildman–Crippen LogP) is 3.81. The van der Waals surface area contributed by atoms with Crippen LogP contribution in [-0.4, -0.2) is 19.3 Å². The van der Waals surface area contributed by atoms with E-state index < -0.39 is 8.07 Å². The molecular weight excluding hydrogens is 248 g/mol. The second kappa shape index (κ2) is 6.53. The molecule has 3 atom stereocenters. The van der Waals surface area contributed by atoms with Gasteiger partial charge in [-0.3, -0.25) is 0 Å². The molecule has 0 aliphatic rings. The Morgan fingerprint density at radius 2 is 1.63 bits per heavy atom. The van der Waals surface area contributed by atoms with E-state index in [4.69, 9.17) is 0 Å². The van der Waals surface area contributed by atoms with E-state index in [1.807, 2.05) is 0 Å². The molecule has 0 heterocycles. The maximum absolute atomic E-state index is 10.4. The van der Waals surface area contributed by atoms with Crippen LogP contribution >= 0.6 is 0 Å². The molecular formula is C17H28OSi. The van der Waals surface area contributed by atoms with Gasteiger partial charge in [-0.15, -0.1) is 6.58 Å². The summed E-state index contributed by atoms with van der Waals surface area (Å²) in [4.78, 5) is 0. The van der Waals surface area contributed by atoms with Crippen molar-refractivity contribution in [2.75, 3.05) is 0 Å². The Labute approximate surface area is 119 Å². The van der Waals surface area contributed by atoms with Crippen molar-refractivity contribution in [1.82, 2.24) is 0 Å². The van der Waals surface area contributed by atoms with Gasteiger partial charge in [0.1, 0.15) is 0 Å². The molecule has 19 heavy (non-hydrogen) atoms. The van der Waals surface area contributed by atoms with E-state index in [0.717, 1.165) is 0 Å². The van der Waals surface area contributed by atoms with Crippen LogP contribution in [0.25, 0.3) is 0 Å². The lowest BCUT2D eigenvalue weighted by molar-refractivity contribution is 0.0729. The molecule has 0 aliphatic carbocycles. The van der Waals surface area contributed by atoms with Crippen molar-refractivity contribution < 1.29 is 5.11 Å². The molecule has 1 N–H and O–H groups in total. The van der Waals surface area contributed by atoms with Crippen LogP contribution in [0.4, 0.5) is 0 Å². The first-order valence-corrected chi connectivity index (χ1v) is 10.3. The molecule has 0 amide bonds. The van der Waals surface area contributed by atoms with Gasteiger partial charge in [0.2, 0.25) is 0 Å². The molecule has 3 unspecified atom stereocenters. The van der Waals surface area contributed by atoms with E-state index in [0.29, 0.717) is 5.54 Å². The van der Waals surface area contributed by atoms with E-state index in [2.05, 4.69) is 76.9 Å². The lowest BCUT2D eigenvalue weighted by Gasteiger charge is -2.38. The van der Waals surface area contributed by atoms with Crippen LogP contribution in [0.3, 0.4) is 0 Å². The van der Waals surface area contributed by atoms with Crippen molar-refractivity contribution in [3.05, 3.63) is 43.0 Å². The number of hydrogen-bond acceptors (Lipinski definition) is 1. The van der Waals surface area contributed by atoms with E-state index in [1.165, 1.54) is 5.19 Å². The lowest BCUT2D eigenvalue weighted by atomic mass is 9.92. The first-order chi connectivity index (χ1) is 8.82. The Morgan fingerprint density at radius 1 is 1.11 bits per heavy atom. The third-order valence-corrected chi connectivity index (χ3v) is 8.64. The number of rotatable bonds is 6. The van der Waals surface area contributed by atoms with Gasteiger partial charge < -0.3 is 5.11 Å². The van der Waals surface area contributed by atoms with Crippen molar-refractivity contribution in [2.45, 2.75) is 45.5 Å². The van der Waals surface area contributed by atoms with Gasteiger partial charge >= 0.3 is 0 Å². The Hall–Kier alpha value is -0.863. The smallest absolute Gasteiger partial charge is 0.0877 e. The van der Waals surface area contributed by atoms with Gasteiger partial charge in [0.25, 0.3) is 0 Å². The van der Waals surface area contributed by atoms with E-state index in [1.54, 1.807) is 0 Å². The maximum Gasteiger partial charge on any atom is 0.0877 e. The van der Waals surface area contributed by atoms with Crippen LogP contribution in [0.2, 0.25) is 18.6 Å². The number of hydrogen-bond donors (Lipinski definition) is 1. The van der Waals surface area contributed by atoms with Gasteiger partial charge in [-0.1, -0.05) is 75.5 Å². The fourth-order valence-corrected chi connectivity index (χ4v) is 6.58. The Kier molecular flexibility index (Phi) is 5.57. The largest absolute Gasteiger partial charge is 0.393 e. The Bertz CT molecular complexity index is 397. The summed E-state index contributed by atoms with van der Waals surface area (Å²) >= 11 is 0. The first-order valence-electron chi connectivity index (χ1n) is 7.18. The minimum Gasteiger partial charge on any atom is -0.393 e. The molecule has 1 rings (SSSR count). The summed E-state index contributed by atoms with van der Waals surface area (Å²) in [6, 6.07) is 10.7. The second-order valence-corrected chi connectivity index (χ2v) is 11.1. The standard InChI is InChI=1S/C17H28OSi/c1-7-16(14(4)17(18)13(2)3)19(5,6)15-11-9-8-10-12-15/h7-14,16-18H,1H2,2-6H3. The molecule has 2 heteroatoms. The van der Waals surface area contributed by atoms with Crippen molar-refractivity contribution >= 4 is 13.3 Å². The van der Waals surface area contributed by atoms with Crippen LogP contribution in [0.1, 0.15) is 20.8 Å². The monoisotopic (exact) mass is 276 g/mol. The van der Waals surface area contributed by atoms with Crippen LogP contribution in [0.15, 0.2) is 43.0 Å². The van der Waals surface area contributed by atoms with Crippen LogP contribution in [-0.2, 0) is 0 Å². The highest BCUT2D eigenvalue weighted by Gasteiger charge is 2.38. The normalized spacial score (nSPS) is 17.0. The highest BCUT2D eigenvalue weighted by atomic mass is 28.3. The Morgan fingerprint density at radius 3 is 2.05 bits per heavy atom. The molecule has 1 nitrogen and oxygen atoms in total. The highest BCUT2D eigenvalue weighted by Crippen LogP contribution is 2.34. The molecule has 1 aromatic carbocycles. The van der Waals surface area contributed by atoms with Crippen LogP contribution in [0.5, 0.6) is 0 Å². The molecule has 0 saturated heterocycles. The number of allylic oxidation sites excluding steroid dienone is 1. The summed E-state index contributed by atoms with van der Waals surface area (Å²) in [5.74, 6) is 0.539. The average molecular weight is 276 g/mol. The zero-order valence-electron chi connectivity index (χ0n) is 12.9. The molecule has 0 aromatic heterocycles.